The summed E-state index contributed by atoms with van der Waals surface area (Å²) in [4.78, 5) is 0. The molecule has 2 N–H and O–H groups in total. The Bertz CT molecular complexity index is 305. The fourth-order valence-corrected chi connectivity index (χ4v) is 2.93. The Balaban J connectivity index is 1.87. The van der Waals surface area contributed by atoms with Crippen LogP contribution in [0, 0.1) is 0 Å². The van der Waals surface area contributed by atoms with Crippen molar-refractivity contribution >= 4 is 27.3 Å². The minimum atomic E-state index is 0.286. The van der Waals surface area contributed by atoms with Gasteiger partial charge < -0.3 is 10.6 Å². The molecule has 0 aliphatic carbocycles. The maximum Gasteiger partial charge on any atom is 0.0701 e. The largest absolute Gasteiger partial charge is 0.315 e. The van der Waals surface area contributed by atoms with Gasteiger partial charge in [0.1, 0.15) is 0 Å². The molecule has 1 fully saturated rings. The minimum absolute atomic E-state index is 0.286. The van der Waals surface area contributed by atoms with E-state index in [0.717, 1.165) is 19.6 Å². The Hall–Kier alpha value is 0.1000. The topological polar surface area (TPSA) is 24.1 Å². The lowest BCUT2D eigenvalue weighted by molar-refractivity contribution is 0.386. The van der Waals surface area contributed by atoms with Crippen molar-refractivity contribution in [3.8, 4) is 0 Å². The molecule has 0 saturated carbocycles. The van der Waals surface area contributed by atoms with Crippen LogP contribution in [-0.2, 0) is 6.54 Å². The predicted molar refractivity (Wildman–Crippen MR) is 64.8 cm³/mol. The van der Waals surface area contributed by atoms with Crippen LogP contribution >= 0.6 is 27.3 Å². The smallest absolute Gasteiger partial charge is 0.0701 e. The zero-order valence-electron chi connectivity index (χ0n) is 8.27. The zero-order chi connectivity index (χ0) is 10.0. The number of halogens is 1. The highest BCUT2D eigenvalue weighted by Crippen LogP contribution is 2.21. The normalized spacial score (nSPS) is 27.0. The second kappa shape index (κ2) is 4.31. The first-order valence-electron chi connectivity index (χ1n) is 4.87. The predicted octanol–water partition coefficient (Wildman–Crippen LogP) is 2.35. The second-order valence-electron chi connectivity index (χ2n) is 4.10. The van der Waals surface area contributed by atoms with Crippen molar-refractivity contribution in [2.45, 2.75) is 25.4 Å². The van der Waals surface area contributed by atoms with Gasteiger partial charge in [0, 0.05) is 18.6 Å². The second-order valence-corrected chi connectivity index (χ2v) is 6.39. The summed E-state index contributed by atoms with van der Waals surface area (Å²) in [5, 5.41) is 9.19. The van der Waals surface area contributed by atoms with Gasteiger partial charge in [-0.05, 0) is 52.8 Å². The van der Waals surface area contributed by atoms with Crippen molar-refractivity contribution < 1.29 is 0 Å². The van der Waals surface area contributed by atoms with Crippen LogP contribution in [0.4, 0.5) is 0 Å². The van der Waals surface area contributed by atoms with Crippen LogP contribution in [0.15, 0.2) is 15.2 Å². The first kappa shape index (κ1) is 10.6. The molecule has 78 valence electrons. The lowest BCUT2D eigenvalue weighted by Gasteiger charge is -2.24. The Morgan fingerprint density at radius 3 is 3.14 bits per heavy atom. The molecule has 2 nitrogen and oxygen atoms in total. The van der Waals surface area contributed by atoms with Gasteiger partial charge >= 0.3 is 0 Å². The highest BCUT2D eigenvalue weighted by molar-refractivity contribution is 9.11. The molecule has 1 aliphatic heterocycles. The van der Waals surface area contributed by atoms with Crippen LogP contribution in [0.25, 0.3) is 0 Å². The average Bonchev–Trinajstić information content (AvgIpc) is 2.73. The summed E-state index contributed by atoms with van der Waals surface area (Å²) < 4.78 is 1.21. The molecule has 0 bridgehead atoms. The van der Waals surface area contributed by atoms with E-state index in [9.17, 15) is 0 Å². The maximum atomic E-state index is 3.61. The molecule has 1 saturated heterocycles. The molecule has 0 spiro atoms. The Kier molecular flexibility index (Phi) is 3.27. The number of rotatable bonds is 3. The van der Waals surface area contributed by atoms with Gasteiger partial charge in [0.15, 0.2) is 0 Å². The van der Waals surface area contributed by atoms with Gasteiger partial charge in [-0.15, -0.1) is 11.3 Å². The molecule has 1 aromatic rings. The molecule has 2 rings (SSSR count). The van der Waals surface area contributed by atoms with E-state index in [4.69, 9.17) is 0 Å². The van der Waals surface area contributed by atoms with E-state index in [2.05, 4.69) is 44.9 Å². The number of nitrogens with one attached hydrogen (secondary N) is 2. The van der Waals surface area contributed by atoms with Crippen LogP contribution in [-0.4, -0.2) is 18.6 Å². The van der Waals surface area contributed by atoms with Crippen molar-refractivity contribution in [1.82, 2.24) is 10.6 Å². The van der Waals surface area contributed by atoms with Gasteiger partial charge in [0.05, 0.1) is 3.79 Å². The summed E-state index contributed by atoms with van der Waals surface area (Å²) in [6, 6.07) is 2.18. The van der Waals surface area contributed by atoms with Crippen LogP contribution in [0.3, 0.4) is 0 Å². The molecule has 0 amide bonds. The van der Waals surface area contributed by atoms with Crippen molar-refractivity contribution in [2.24, 2.45) is 0 Å². The summed E-state index contributed by atoms with van der Waals surface area (Å²) in [7, 11) is 0. The van der Waals surface area contributed by atoms with E-state index >= 15 is 0 Å². The monoisotopic (exact) mass is 274 g/mol. The molecule has 1 unspecified atom stereocenters. The molecule has 0 radical (unpaired) electrons. The minimum Gasteiger partial charge on any atom is -0.315 e. The molecule has 1 aliphatic rings. The Labute approximate surface area is 97.2 Å². The fourth-order valence-electron chi connectivity index (χ4n) is 1.72. The first-order valence-corrected chi connectivity index (χ1v) is 6.54. The van der Waals surface area contributed by atoms with Gasteiger partial charge in [-0.25, -0.2) is 0 Å². The van der Waals surface area contributed by atoms with Crippen LogP contribution < -0.4 is 10.6 Å². The Morgan fingerprint density at radius 1 is 1.71 bits per heavy atom. The van der Waals surface area contributed by atoms with E-state index in [0.29, 0.717) is 0 Å². The molecule has 4 heteroatoms. The molecule has 14 heavy (non-hydrogen) atoms. The quantitative estimate of drug-likeness (QED) is 0.885. The van der Waals surface area contributed by atoms with E-state index < -0.39 is 0 Å². The summed E-state index contributed by atoms with van der Waals surface area (Å²) in [5.74, 6) is 0. The Morgan fingerprint density at radius 2 is 2.57 bits per heavy atom. The third kappa shape index (κ3) is 2.57. The van der Waals surface area contributed by atoms with Gasteiger partial charge in [0.25, 0.3) is 0 Å². The van der Waals surface area contributed by atoms with E-state index in [1.54, 1.807) is 11.3 Å². The number of hydrogen-bond donors (Lipinski definition) is 2. The first-order chi connectivity index (χ1) is 6.68. The van der Waals surface area contributed by atoms with Gasteiger partial charge in [-0.1, -0.05) is 0 Å². The highest BCUT2D eigenvalue weighted by atomic mass is 79.9. The van der Waals surface area contributed by atoms with Crippen molar-refractivity contribution in [3.63, 3.8) is 0 Å². The number of hydrogen-bond acceptors (Lipinski definition) is 3. The molecule has 2 heterocycles. The zero-order valence-corrected chi connectivity index (χ0v) is 10.7. The van der Waals surface area contributed by atoms with E-state index in [1.807, 2.05) is 0 Å². The highest BCUT2D eigenvalue weighted by Gasteiger charge is 2.27. The third-order valence-electron chi connectivity index (χ3n) is 2.71. The molecular weight excluding hydrogens is 260 g/mol. The summed E-state index contributed by atoms with van der Waals surface area (Å²) in [6.45, 7) is 5.48. The van der Waals surface area contributed by atoms with E-state index in [1.165, 1.54) is 15.8 Å². The van der Waals surface area contributed by atoms with Crippen LogP contribution in [0.5, 0.6) is 0 Å². The van der Waals surface area contributed by atoms with Gasteiger partial charge in [-0.3, -0.25) is 0 Å². The van der Waals surface area contributed by atoms with Crippen LogP contribution in [0.2, 0.25) is 0 Å². The third-order valence-corrected chi connectivity index (χ3v) is 4.26. The fraction of sp³-hybridized carbons (Fsp3) is 0.600. The SMILES string of the molecule is CC1(NCc2csc(Br)c2)CCNC1. The van der Waals surface area contributed by atoms with Crippen LogP contribution in [0.1, 0.15) is 18.9 Å². The molecule has 1 atom stereocenters. The van der Waals surface area contributed by atoms with Crippen molar-refractivity contribution in [1.29, 1.82) is 0 Å². The van der Waals surface area contributed by atoms with Crippen molar-refractivity contribution in [2.75, 3.05) is 13.1 Å². The lowest BCUT2D eigenvalue weighted by Crippen LogP contribution is -2.43. The van der Waals surface area contributed by atoms with Gasteiger partial charge in [0.2, 0.25) is 0 Å². The average molecular weight is 275 g/mol. The molecule has 1 aromatic heterocycles. The lowest BCUT2D eigenvalue weighted by atomic mass is 10.0. The summed E-state index contributed by atoms with van der Waals surface area (Å²) >= 11 is 5.22. The standard InChI is InChI=1S/C10H15BrN2S/c1-10(2-3-12-7-10)13-5-8-4-9(11)14-6-8/h4,6,12-13H,2-3,5,7H2,1H3. The van der Waals surface area contributed by atoms with Gasteiger partial charge in [-0.2, -0.15) is 0 Å². The molecular formula is C10H15BrN2S. The van der Waals surface area contributed by atoms with Crippen molar-refractivity contribution in [3.05, 3.63) is 20.8 Å². The maximum absolute atomic E-state index is 3.61. The number of thiophene rings is 1. The summed E-state index contributed by atoms with van der Waals surface area (Å²) in [6.07, 6.45) is 1.22. The van der Waals surface area contributed by atoms with E-state index in [-0.39, 0.29) is 5.54 Å². The summed E-state index contributed by atoms with van der Waals surface area (Å²) in [5.41, 5.74) is 1.66. The molecule has 0 aromatic carbocycles.